The van der Waals surface area contributed by atoms with Gasteiger partial charge >= 0.3 is 5.97 Å². The third-order valence-electron chi connectivity index (χ3n) is 3.73. The molecule has 23 heavy (non-hydrogen) atoms. The van der Waals surface area contributed by atoms with E-state index in [1.165, 1.54) is 25.7 Å². The third kappa shape index (κ3) is 16.5. The predicted octanol–water partition coefficient (Wildman–Crippen LogP) is 4.73. The molecule has 1 unspecified atom stereocenters. The Bertz CT molecular complexity index is 261. The molecular weight excluding hydrogens is 360 g/mol. The maximum absolute atomic E-state index is 11.3. The molecule has 0 heterocycles. The summed E-state index contributed by atoms with van der Waals surface area (Å²) in [7, 11) is 0. The first-order chi connectivity index (χ1) is 11.2. The fourth-order valence-corrected chi connectivity index (χ4v) is 2.56. The fraction of sp³-hybridized carbons (Fsp3) is 0.944. The lowest BCUT2D eigenvalue weighted by atomic mass is 10.0. The van der Waals surface area contributed by atoms with Crippen molar-refractivity contribution < 1.29 is 19.0 Å². The van der Waals surface area contributed by atoms with Crippen LogP contribution in [0.1, 0.15) is 65.2 Å². The molecule has 0 radical (unpaired) electrons. The molecule has 0 bridgehead atoms. The Morgan fingerprint density at radius 3 is 2.43 bits per heavy atom. The molecule has 138 valence electrons. The Hall–Kier alpha value is -0.130. The van der Waals surface area contributed by atoms with Crippen LogP contribution in [0.5, 0.6) is 0 Å². The summed E-state index contributed by atoms with van der Waals surface area (Å²) in [4.78, 5) is 11.3. The van der Waals surface area contributed by atoms with Crippen LogP contribution in [0.2, 0.25) is 0 Å². The summed E-state index contributed by atoms with van der Waals surface area (Å²) in [5, 5.41) is 0.934. The second-order valence-electron chi connectivity index (χ2n) is 5.82. The van der Waals surface area contributed by atoms with Crippen molar-refractivity contribution in [3.63, 3.8) is 0 Å². The van der Waals surface area contributed by atoms with Crippen LogP contribution in [0.15, 0.2) is 0 Å². The van der Waals surface area contributed by atoms with Gasteiger partial charge in [0.05, 0.1) is 6.61 Å². The van der Waals surface area contributed by atoms with Crippen molar-refractivity contribution >= 4 is 21.9 Å². The van der Waals surface area contributed by atoms with Gasteiger partial charge in [-0.3, -0.25) is 4.79 Å². The van der Waals surface area contributed by atoms with Crippen LogP contribution in [0.25, 0.3) is 0 Å². The van der Waals surface area contributed by atoms with Gasteiger partial charge in [-0.1, -0.05) is 49.0 Å². The molecule has 0 saturated carbocycles. The molecule has 0 aliphatic rings. The van der Waals surface area contributed by atoms with Crippen LogP contribution in [-0.4, -0.2) is 44.3 Å². The molecule has 0 aromatic heterocycles. The van der Waals surface area contributed by atoms with Gasteiger partial charge in [-0.15, -0.1) is 0 Å². The molecular formula is C18H35BrO4. The zero-order valence-corrected chi connectivity index (χ0v) is 16.6. The van der Waals surface area contributed by atoms with E-state index in [-0.39, 0.29) is 5.97 Å². The highest BCUT2D eigenvalue weighted by molar-refractivity contribution is 9.09. The normalized spacial score (nSPS) is 12.3. The molecule has 0 fully saturated rings. The lowest BCUT2D eigenvalue weighted by molar-refractivity contribution is -0.145. The predicted molar refractivity (Wildman–Crippen MR) is 98.2 cm³/mol. The monoisotopic (exact) mass is 394 g/mol. The van der Waals surface area contributed by atoms with Crippen molar-refractivity contribution in [2.45, 2.75) is 65.2 Å². The van der Waals surface area contributed by atoms with Gasteiger partial charge in [-0.2, -0.15) is 0 Å². The Morgan fingerprint density at radius 1 is 0.957 bits per heavy atom. The molecule has 0 N–H and O–H groups in total. The summed E-state index contributed by atoms with van der Waals surface area (Å²) in [6, 6.07) is 0. The van der Waals surface area contributed by atoms with Crippen LogP contribution in [0, 0.1) is 5.92 Å². The summed E-state index contributed by atoms with van der Waals surface area (Å²) in [5.41, 5.74) is 0. The minimum atomic E-state index is -0.129. The van der Waals surface area contributed by atoms with Crippen molar-refractivity contribution in [1.82, 2.24) is 0 Å². The molecule has 0 aromatic carbocycles. The molecule has 0 spiro atoms. The van der Waals surface area contributed by atoms with E-state index < -0.39 is 0 Å². The second-order valence-corrected chi connectivity index (χ2v) is 6.62. The van der Waals surface area contributed by atoms with Gasteiger partial charge in [-0.05, 0) is 31.6 Å². The first-order valence-electron chi connectivity index (χ1n) is 9.11. The average molecular weight is 395 g/mol. The average Bonchev–Trinajstić information content (AvgIpc) is 2.56. The zero-order valence-electron chi connectivity index (χ0n) is 15.0. The van der Waals surface area contributed by atoms with Gasteiger partial charge in [-0.25, -0.2) is 0 Å². The summed E-state index contributed by atoms with van der Waals surface area (Å²) in [5.74, 6) is 0.565. The Kier molecular flexibility index (Phi) is 18.1. The number of carbonyl (C=O) groups is 1. The minimum Gasteiger partial charge on any atom is -0.463 e. The highest BCUT2D eigenvalue weighted by Gasteiger charge is 2.05. The lowest BCUT2D eigenvalue weighted by Gasteiger charge is -2.14. The largest absolute Gasteiger partial charge is 0.463 e. The molecule has 1 atom stereocenters. The SMILES string of the molecule is CCCCC(CC)COCCCOCCOC(=O)CCCCBr. The quantitative estimate of drug-likeness (QED) is 0.203. The number of carbonyl (C=O) groups excluding carboxylic acids is 1. The van der Waals surface area contributed by atoms with Gasteiger partial charge in [0, 0.05) is 31.6 Å². The molecule has 0 aliphatic heterocycles. The van der Waals surface area contributed by atoms with E-state index in [9.17, 15) is 4.79 Å². The van der Waals surface area contributed by atoms with Crippen LogP contribution in [0.4, 0.5) is 0 Å². The fourth-order valence-electron chi connectivity index (χ4n) is 2.16. The lowest BCUT2D eigenvalue weighted by Crippen LogP contribution is -2.13. The zero-order chi connectivity index (χ0) is 17.2. The van der Waals surface area contributed by atoms with Gasteiger partial charge in [0.25, 0.3) is 0 Å². The van der Waals surface area contributed by atoms with Gasteiger partial charge in [0.15, 0.2) is 0 Å². The maximum Gasteiger partial charge on any atom is 0.305 e. The Morgan fingerprint density at radius 2 is 1.74 bits per heavy atom. The first kappa shape index (κ1) is 22.9. The molecule has 5 heteroatoms. The van der Waals surface area contributed by atoms with Crippen molar-refractivity contribution in [3.8, 4) is 0 Å². The second kappa shape index (κ2) is 18.2. The summed E-state index contributed by atoms with van der Waals surface area (Å²) >= 11 is 3.34. The third-order valence-corrected chi connectivity index (χ3v) is 4.29. The highest BCUT2D eigenvalue weighted by Crippen LogP contribution is 2.12. The number of hydrogen-bond donors (Lipinski definition) is 0. The van der Waals surface area contributed by atoms with Crippen LogP contribution < -0.4 is 0 Å². The summed E-state index contributed by atoms with van der Waals surface area (Å²) in [6.45, 7) is 7.55. The Balaban J connectivity index is 3.28. The summed E-state index contributed by atoms with van der Waals surface area (Å²) < 4.78 is 16.2. The van der Waals surface area contributed by atoms with E-state index in [0.29, 0.717) is 32.2 Å². The van der Waals surface area contributed by atoms with Crippen LogP contribution in [-0.2, 0) is 19.0 Å². The molecule has 0 rings (SSSR count). The maximum atomic E-state index is 11.3. The van der Waals surface area contributed by atoms with Gasteiger partial charge in [0.1, 0.15) is 6.61 Å². The molecule has 4 nitrogen and oxygen atoms in total. The first-order valence-corrected chi connectivity index (χ1v) is 10.2. The minimum absolute atomic E-state index is 0.129. The molecule has 0 amide bonds. The van der Waals surface area contributed by atoms with E-state index in [2.05, 4.69) is 29.8 Å². The molecule has 0 aromatic rings. The highest BCUT2D eigenvalue weighted by atomic mass is 79.9. The number of hydrogen-bond acceptors (Lipinski definition) is 4. The van der Waals surface area contributed by atoms with E-state index in [1.54, 1.807) is 0 Å². The topological polar surface area (TPSA) is 44.8 Å². The van der Waals surface area contributed by atoms with Crippen molar-refractivity contribution in [3.05, 3.63) is 0 Å². The van der Waals surface area contributed by atoms with Crippen molar-refractivity contribution in [2.75, 3.05) is 38.4 Å². The van der Waals surface area contributed by atoms with Crippen LogP contribution >= 0.6 is 15.9 Å². The van der Waals surface area contributed by atoms with E-state index in [0.717, 1.165) is 37.8 Å². The number of alkyl halides is 1. The number of ether oxygens (including phenoxy) is 3. The van der Waals surface area contributed by atoms with Crippen LogP contribution in [0.3, 0.4) is 0 Å². The van der Waals surface area contributed by atoms with E-state index in [1.807, 2.05) is 0 Å². The summed E-state index contributed by atoms with van der Waals surface area (Å²) in [6.07, 6.45) is 8.27. The number of esters is 1. The van der Waals surface area contributed by atoms with E-state index in [4.69, 9.17) is 14.2 Å². The van der Waals surface area contributed by atoms with Crippen molar-refractivity contribution in [1.29, 1.82) is 0 Å². The van der Waals surface area contributed by atoms with Gasteiger partial charge in [0.2, 0.25) is 0 Å². The number of rotatable bonds is 17. The smallest absolute Gasteiger partial charge is 0.305 e. The molecule has 0 saturated heterocycles. The number of halogens is 1. The number of unbranched alkanes of at least 4 members (excludes halogenated alkanes) is 2. The molecule has 0 aliphatic carbocycles. The van der Waals surface area contributed by atoms with E-state index >= 15 is 0 Å². The standard InChI is InChI=1S/C18H35BrO4/c1-3-5-9-17(4-2)16-22-13-8-12-21-14-15-23-18(20)10-6-7-11-19/h17H,3-16H2,1-2H3. The Labute approximate surface area is 150 Å². The van der Waals surface area contributed by atoms with Crippen molar-refractivity contribution in [2.24, 2.45) is 5.92 Å². The van der Waals surface area contributed by atoms with Gasteiger partial charge < -0.3 is 14.2 Å².